The summed E-state index contributed by atoms with van der Waals surface area (Å²) in [5.74, 6) is -1.06. The van der Waals surface area contributed by atoms with Crippen LogP contribution in [0.4, 0.5) is 4.79 Å². The van der Waals surface area contributed by atoms with E-state index in [2.05, 4.69) is 6.58 Å². The van der Waals surface area contributed by atoms with Crippen molar-refractivity contribution in [3.05, 3.63) is 12.7 Å². The van der Waals surface area contributed by atoms with Crippen LogP contribution in [0.2, 0.25) is 0 Å². The van der Waals surface area contributed by atoms with Crippen LogP contribution < -0.4 is 0 Å². The number of carbonyl (C=O) groups excluding carboxylic acids is 1. The molecule has 6 heteroatoms. The standard InChI is InChI=1S/C12H18N2O4/c1-2-5-13(8-3-4-8)12(18)14-7-9(15)6-10(14)11(16)17/h2,8-10,15H,1,3-7H2,(H,16,17)/t9-,10+/m1/s1. The maximum Gasteiger partial charge on any atom is 0.326 e. The fraction of sp³-hybridized carbons (Fsp3) is 0.667. The van der Waals surface area contributed by atoms with Crippen molar-refractivity contribution < 1.29 is 19.8 Å². The molecule has 2 rings (SSSR count). The van der Waals surface area contributed by atoms with Crippen LogP contribution in [0.5, 0.6) is 0 Å². The molecular weight excluding hydrogens is 236 g/mol. The normalized spacial score (nSPS) is 27.1. The molecule has 2 aliphatic rings. The SMILES string of the molecule is C=CCN(C(=O)N1C[C@H](O)C[C@H]1C(=O)O)C1CC1. The van der Waals surface area contributed by atoms with Crippen molar-refractivity contribution in [2.24, 2.45) is 0 Å². The summed E-state index contributed by atoms with van der Waals surface area (Å²) in [5, 5.41) is 18.6. The van der Waals surface area contributed by atoms with Gasteiger partial charge in [-0.3, -0.25) is 0 Å². The summed E-state index contributed by atoms with van der Waals surface area (Å²) in [7, 11) is 0. The van der Waals surface area contributed by atoms with Crippen molar-refractivity contribution in [3.8, 4) is 0 Å². The second-order valence-electron chi connectivity index (χ2n) is 4.85. The highest BCUT2D eigenvalue weighted by Gasteiger charge is 2.43. The summed E-state index contributed by atoms with van der Waals surface area (Å²) in [4.78, 5) is 26.3. The molecule has 6 nitrogen and oxygen atoms in total. The molecule has 2 N–H and O–H groups in total. The highest BCUT2D eigenvalue weighted by Crippen LogP contribution is 2.29. The summed E-state index contributed by atoms with van der Waals surface area (Å²) in [6, 6.07) is -1.03. The first-order chi connectivity index (χ1) is 8.54. The molecule has 0 bridgehead atoms. The van der Waals surface area contributed by atoms with E-state index in [0.29, 0.717) is 6.54 Å². The molecule has 1 heterocycles. The first-order valence-corrected chi connectivity index (χ1v) is 6.13. The van der Waals surface area contributed by atoms with Crippen LogP contribution in [0.1, 0.15) is 19.3 Å². The maximum atomic E-state index is 12.3. The minimum Gasteiger partial charge on any atom is -0.480 e. The van der Waals surface area contributed by atoms with Crippen LogP contribution >= 0.6 is 0 Å². The zero-order valence-electron chi connectivity index (χ0n) is 10.2. The van der Waals surface area contributed by atoms with Crippen molar-refractivity contribution in [3.63, 3.8) is 0 Å². The van der Waals surface area contributed by atoms with E-state index in [0.717, 1.165) is 12.8 Å². The van der Waals surface area contributed by atoms with Crippen molar-refractivity contribution in [1.82, 2.24) is 9.80 Å². The zero-order valence-corrected chi connectivity index (χ0v) is 10.2. The van der Waals surface area contributed by atoms with Gasteiger partial charge in [0.05, 0.1) is 6.10 Å². The van der Waals surface area contributed by atoms with E-state index in [4.69, 9.17) is 5.11 Å². The molecule has 0 aromatic rings. The van der Waals surface area contributed by atoms with Crippen LogP contribution in [0.25, 0.3) is 0 Å². The molecule has 0 radical (unpaired) electrons. The number of hydrogen-bond donors (Lipinski definition) is 2. The van der Waals surface area contributed by atoms with Gasteiger partial charge >= 0.3 is 12.0 Å². The van der Waals surface area contributed by atoms with Crippen molar-refractivity contribution >= 4 is 12.0 Å². The van der Waals surface area contributed by atoms with E-state index in [1.165, 1.54) is 4.90 Å². The summed E-state index contributed by atoms with van der Waals surface area (Å²) in [5.41, 5.74) is 0. The highest BCUT2D eigenvalue weighted by molar-refractivity contribution is 5.84. The van der Waals surface area contributed by atoms with Crippen LogP contribution in [0, 0.1) is 0 Å². The fourth-order valence-corrected chi connectivity index (χ4v) is 2.33. The molecule has 18 heavy (non-hydrogen) atoms. The number of hydrogen-bond acceptors (Lipinski definition) is 3. The van der Waals surface area contributed by atoms with E-state index in [1.807, 2.05) is 0 Å². The second-order valence-corrected chi connectivity index (χ2v) is 4.85. The van der Waals surface area contributed by atoms with Gasteiger partial charge in [-0.05, 0) is 12.8 Å². The third-order valence-corrected chi connectivity index (χ3v) is 3.37. The number of aliphatic carboxylic acids is 1. The third kappa shape index (κ3) is 2.48. The number of β-amino-alcohol motifs (C(OH)–C–C–N with tert-alkyl or cyclic N) is 1. The summed E-state index contributed by atoms with van der Waals surface area (Å²) in [6.07, 6.45) is 2.90. The summed E-state index contributed by atoms with van der Waals surface area (Å²) >= 11 is 0. The molecule has 0 spiro atoms. The minimum atomic E-state index is -1.06. The molecule has 1 aliphatic carbocycles. The summed E-state index contributed by atoms with van der Waals surface area (Å²) < 4.78 is 0. The smallest absolute Gasteiger partial charge is 0.326 e. The van der Waals surface area contributed by atoms with Gasteiger partial charge in [0, 0.05) is 25.6 Å². The van der Waals surface area contributed by atoms with Crippen LogP contribution in [0.3, 0.4) is 0 Å². The maximum absolute atomic E-state index is 12.3. The van der Waals surface area contributed by atoms with Crippen molar-refractivity contribution in [1.29, 1.82) is 0 Å². The van der Waals surface area contributed by atoms with Crippen LogP contribution in [-0.2, 0) is 4.79 Å². The number of nitrogens with zero attached hydrogens (tertiary/aromatic N) is 2. The van der Waals surface area contributed by atoms with Gasteiger partial charge in [-0.15, -0.1) is 6.58 Å². The Labute approximate surface area is 105 Å². The van der Waals surface area contributed by atoms with Gasteiger partial charge in [-0.25, -0.2) is 9.59 Å². The lowest BCUT2D eigenvalue weighted by atomic mass is 10.2. The number of aliphatic hydroxyl groups excluding tert-OH is 1. The molecule has 2 atom stereocenters. The van der Waals surface area contributed by atoms with Gasteiger partial charge < -0.3 is 20.0 Å². The predicted molar refractivity (Wildman–Crippen MR) is 64.1 cm³/mol. The van der Waals surface area contributed by atoms with E-state index >= 15 is 0 Å². The molecule has 1 aliphatic heterocycles. The topological polar surface area (TPSA) is 81.1 Å². The van der Waals surface area contributed by atoms with Gasteiger partial charge in [0.15, 0.2) is 0 Å². The Morgan fingerprint density at radius 3 is 2.61 bits per heavy atom. The lowest BCUT2D eigenvalue weighted by Crippen LogP contribution is -2.49. The number of carbonyl (C=O) groups is 2. The Balaban J connectivity index is 2.10. The van der Waals surface area contributed by atoms with Gasteiger partial charge in [0.25, 0.3) is 0 Å². The molecule has 100 valence electrons. The van der Waals surface area contributed by atoms with Crippen LogP contribution in [-0.4, -0.2) is 63.3 Å². The third-order valence-electron chi connectivity index (χ3n) is 3.37. The Morgan fingerprint density at radius 2 is 2.11 bits per heavy atom. The minimum absolute atomic E-state index is 0.0934. The van der Waals surface area contributed by atoms with Gasteiger partial charge in [-0.1, -0.05) is 6.08 Å². The van der Waals surface area contributed by atoms with E-state index < -0.39 is 18.1 Å². The Kier molecular flexibility index (Phi) is 3.56. The Morgan fingerprint density at radius 1 is 1.44 bits per heavy atom. The number of likely N-dealkylation sites (tertiary alicyclic amines) is 1. The first-order valence-electron chi connectivity index (χ1n) is 6.13. The first kappa shape index (κ1) is 12.9. The monoisotopic (exact) mass is 254 g/mol. The van der Waals surface area contributed by atoms with E-state index in [-0.39, 0.29) is 25.0 Å². The molecular formula is C12H18N2O4. The lowest BCUT2D eigenvalue weighted by molar-refractivity contribution is -0.141. The molecule has 1 saturated heterocycles. The molecule has 2 amide bonds. The van der Waals surface area contributed by atoms with Gasteiger partial charge in [0.1, 0.15) is 6.04 Å². The zero-order chi connectivity index (χ0) is 13.3. The van der Waals surface area contributed by atoms with Gasteiger partial charge in [0.2, 0.25) is 0 Å². The highest BCUT2D eigenvalue weighted by atomic mass is 16.4. The molecule has 2 fully saturated rings. The number of aliphatic hydroxyl groups is 1. The average Bonchev–Trinajstić information content (AvgIpc) is 3.07. The fourth-order valence-electron chi connectivity index (χ4n) is 2.33. The van der Waals surface area contributed by atoms with Crippen LogP contribution in [0.15, 0.2) is 12.7 Å². The predicted octanol–water partition coefficient (Wildman–Crippen LogP) is 0.277. The number of carboxylic acids is 1. The number of urea groups is 1. The molecule has 1 saturated carbocycles. The average molecular weight is 254 g/mol. The van der Waals surface area contributed by atoms with E-state index in [9.17, 15) is 14.7 Å². The number of rotatable bonds is 4. The molecule has 0 aromatic carbocycles. The van der Waals surface area contributed by atoms with Crippen molar-refractivity contribution in [2.45, 2.75) is 37.5 Å². The Hall–Kier alpha value is -1.56. The lowest BCUT2D eigenvalue weighted by Gasteiger charge is -2.29. The second kappa shape index (κ2) is 4.97. The Bertz CT molecular complexity index is 367. The largest absolute Gasteiger partial charge is 0.480 e. The van der Waals surface area contributed by atoms with E-state index in [1.54, 1.807) is 11.0 Å². The van der Waals surface area contributed by atoms with Gasteiger partial charge in [-0.2, -0.15) is 0 Å². The van der Waals surface area contributed by atoms with Crippen molar-refractivity contribution in [2.75, 3.05) is 13.1 Å². The molecule has 0 unspecified atom stereocenters. The number of carboxylic acid groups (broad SMARTS) is 1. The quantitative estimate of drug-likeness (QED) is 0.706. The summed E-state index contributed by atoms with van der Waals surface area (Å²) in [6.45, 7) is 4.12. The molecule has 0 aromatic heterocycles. The number of amides is 2.